The van der Waals surface area contributed by atoms with E-state index in [1.54, 1.807) is 0 Å². The molecule has 0 amide bonds. The van der Waals surface area contributed by atoms with Gasteiger partial charge in [-0.2, -0.15) is 11.8 Å². The van der Waals surface area contributed by atoms with Crippen molar-refractivity contribution in [1.29, 1.82) is 0 Å². The Bertz CT molecular complexity index is 171. The van der Waals surface area contributed by atoms with Gasteiger partial charge in [-0.15, -0.1) is 0 Å². The zero-order valence-corrected chi connectivity index (χ0v) is 9.88. The van der Waals surface area contributed by atoms with Crippen LogP contribution in [-0.4, -0.2) is 33.2 Å². The summed E-state index contributed by atoms with van der Waals surface area (Å²) in [7, 11) is 0. The van der Waals surface area contributed by atoms with Gasteiger partial charge in [-0.25, -0.2) is 4.79 Å². The molecule has 13 heavy (non-hydrogen) atoms. The summed E-state index contributed by atoms with van der Waals surface area (Å²) >= 11 is 17.0. The summed E-state index contributed by atoms with van der Waals surface area (Å²) in [6, 6.07) is 0. The highest BCUT2D eigenvalue weighted by molar-refractivity contribution is 7.98. The maximum absolute atomic E-state index is 10.9. The first kappa shape index (κ1) is 13.7. The minimum atomic E-state index is -2.10. The molecule has 0 rings (SSSR count). The lowest BCUT2D eigenvalue weighted by Crippen LogP contribution is -2.28. The molecule has 0 bridgehead atoms. The molecule has 0 aromatic heterocycles. The van der Waals surface area contributed by atoms with E-state index in [4.69, 9.17) is 39.9 Å². The van der Waals surface area contributed by atoms with E-state index < -0.39 is 16.1 Å². The second kappa shape index (κ2) is 6.19. The minimum absolute atomic E-state index is 0.279. The van der Waals surface area contributed by atoms with E-state index in [9.17, 15) is 4.79 Å². The van der Waals surface area contributed by atoms with Crippen molar-refractivity contribution in [2.75, 3.05) is 12.0 Å². The quantitative estimate of drug-likeness (QED) is 0.625. The lowest BCUT2D eigenvalue weighted by Gasteiger charge is -2.14. The van der Waals surface area contributed by atoms with E-state index in [0.717, 1.165) is 0 Å². The second-order valence-electron chi connectivity index (χ2n) is 2.16. The standard InChI is InChI=1S/C6H9Cl3O3S/c1-13-3-2-4(10)5(11)12-6(7,8)9/h4,10H,2-3H2,1H3/t4-/m0/s1. The lowest BCUT2D eigenvalue weighted by atomic mass is 10.3. The molecule has 0 aliphatic heterocycles. The SMILES string of the molecule is CSCC[C@H](O)C(=O)OC(Cl)(Cl)Cl. The predicted molar refractivity (Wildman–Crippen MR) is 55.4 cm³/mol. The minimum Gasteiger partial charge on any atom is -0.413 e. The summed E-state index contributed by atoms with van der Waals surface area (Å²) in [5.41, 5.74) is 0. The summed E-state index contributed by atoms with van der Waals surface area (Å²) in [4.78, 5) is 10.9. The van der Waals surface area contributed by atoms with Crippen LogP contribution in [-0.2, 0) is 9.53 Å². The number of esters is 1. The van der Waals surface area contributed by atoms with Gasteiger partial charge in [0.05, 0.1) is 0 Å². The van der Waals surface area contributed by atoms with Gasteiger partial charge < -0.3 is 9.84 Å². The summed E-state index contributed by atoms with van der Waals surface area (Å²) in [6.45, 7) is 0. The van der Waals surface area contributed by atoms with Gasteiger partial charge in [-0.1, -0.05) is 0 Å². The van der Waals surface area contributed by atoms with Gasteiger partial charge in [0.1, 0.15) is 0 Å². The predicted octanol–water partition coefficient (Wildman–Crippen LogP) is 1.97. The van der Waals surface area contributed by atoms with Gasteiger partial charge in [-0.3, -0.25) is 0 Å². The van der Waals surface area contributed by atoms with Crippen molar-refractivity contribution >= 4 is 52.5 Å². The number of ether oxygens (including phenoxy) is 1. The van der Waals surface area contributed by atoms with E-state index in [1.165, 1.54) is 11.8 Å². The van der Waals surface area contributed by atoms with Gasteiger partial charge in [0.2, 0.25) is 0 Å². The van der Waals surface area contributed by atoms with Crippen molar-refractivity contribution in [2.45, 2.75) is 16.5 Å². The monoisotopic (exact) mass is 266 g/mol. The molecule has 1 atom stereocenters. The Morgan fingerprint density at radius 2 is 2.15 bits per heavy atom. The van der Waals surface area contributed by atoms with E-state index in [0.29, 0.717) is 5.75 Å². The Morgan fingerprint density at radius 1 is 1.62 bits per heavy atom. The van der Waals surface area contributed by atoms with E-state index in [2.05, 4.69) is 4.74 Å². The topological polar surface area (TPSA) is 46.5 Å². The fourth-order valence-electron chi connectivity index (χ4n) is 0.529. The normalized spacial score (nSPS) is 13.9. The van der Waals surface area contributed by atoms with Crippen LogP contribution in [0.25, 0.3) is 0 Å². The zero-order chi connectivity index (χ0) is 10.5. The molecule has 7 heteroatoms. The van der Waals surface area contributed by atoms with Crippen LogP contribution in [0, 0.1) is 0 Å². The number of carbonyl (C=O) groups is 1. The smallest absolute Gasteiger partial charge is 0.340 e. The number of hydrogen-bond donors (Lipinski definition) is 1. The molecule has 0 radical (unpaired) electrons. The van der Waals surface area contributed by atoms with Crippen LogP contribution in [0.4, 0.5) is 0 Å². The first-order chi connectivity index (χ1) is 5.87. The molecule has 0 fully saturated rings. The zero-order valence-electron chi connectivity index (χ0n) is 6.80. The van der Waals surface area contributed by atoms with Crippen molar-refractivity contribution in [3.8, 4) is 0 Å². The highest BCUT2D eigenvalue weighted by Crippen LogP contribution is 2.28. The molecular formula is C6H9Cl3O3S. The molecule has 1 N–H and O–H groups in total. The molecule has 0 spiro atoms. The Hall–Kier alpha value is 0.650. The third kappa shape index (κ3) is 7.70. The third-order valence-corrected chi connectivity index (χ3v) is 1.96. The Morgan fingerprint density at radius 3 is 2.54 bits per heavy atom. The molecule has 0 saturated carbocycles. The fourth-order valence-corrected chi connectivity index (χ4v) is 1.22. The molecule has 0 aliphatic carbocycles. The van der Waals surface area contributed by atoms with E-state index in [-0.39, 0.29) is 6.42 Å². The highest BCUT2D eigenvalue weighted by atomic mass is 35.6. The van der Waals surface area contributed by atoms with Gasteiger partial charge in [0.25, 0.3) is 0 Å². The van der Waals surface area contributed by atoms with Crippen LogP contribution in [0.2, 0.25) is 0 Å². The maximum Gasteiger partial charge on any atom is 0.340 e. The molecule has 0 aromatic carbocycles. The molecule has 0 heterocycles. The second-order valence-corrected chi connectivity index (χ2v) is 5.33. The molecular weight excluding hydrogens is 258 g/mol. The van der Waals surface area contributed by atoms with Crippen LogP contribution >= 0.6 is 46.6 Å². The summed E-state index contributed by atoms with van der Waals surface area (Å²) in [5, 5.41) is 9.15. The largest absolute Gasteiger partial charge is 0.413 e. The van der Waals surface area contributed by atoms with Crippen LogP contribution in [0.5, 0.6) is 0 Å². The average molecular weight is 268 g/mol. The highest BCUT2D eigenvalue weighted by Gasteiger charge is 2.28. The fraction of sp³-hybridized carbons (Fsp3) is 0.833. The number of aliphatic hydroxyl groups excluding tert-OH is 1. The van der Waals surface area contributed by atoms with E-state index in [1.807, 2.05) is 6.26 Å². The first-order valence-electron chi connectivity index (χ1n) is 3.33. The van der Waals surface area contributed by atoms with Crippen molar-refractivity contribution < 1.29 is 14.6 Å². The summed E-state index contributed by atoms with van der Waals surface area (Å²) < 4.78 is 2.19. The first-order valence-corrected chi connectivity index (χ1v) is 5.86. The van der Waals surface area contributed by atoms with Crippen molar-refractivity contribution in [1.82, 2.24) is 0 Å². The Kier molecular flexibility index (Phi) is 6.50. The van der Waals surface area contributed by atoms with Gasteiger partial charge >= 0.3 is 9.95 Å². The molecule has 0 aliphatic rings. The molecule has 3 nitrogen and oxygen atoms in total. The third-order valence-electron chi connectivity index (χ3n) is 1.08. The van der Waals surface area contributed by atoms with Gasteiger partial charge in [0, 0.05) is 0 Å². The molecule has 0 aromatic rings. The van der Waals surface area contributed by atoms with Crippen molar-refractivity contribution in [3.63, 3.8) is 0 Å². The molecule has 78 valence electrons. The summed E-state index contributed by atoms with van der Waals surface area (Å²) in [6.07, 6.45) is 0.899. The molecule has 0 saturated heterocycles. The Labute approximate surface area is 95.7 Å². The van der Waals surface area contributed by atoms with Crippen molar-refractivity contribution in [2.24, 2.45) is 0 Å². The molecule has 0 unspecified atom stereocenters. The number of hydrogen-bond acceptors (Lipinski definition) is 4. The summed E-state index contributed by atoms with van der Waals surface area (Å²) in [5.74, 6) is -0.287. The van der Waals surface area contributed by atoms with Gasteiger partial charge in [0.15, 0.2) is 6.10 Å². The van der Waals surface area contributed by atoms with Crippen LogP contribution in [0.3, 0.4) is 0 Å². The van der Waals surface area contributed by atoms with Crippen LogP contribution in [0.15, 0.2) is 0 Å². The average Bonchev–Trinajstić information content (AvgIpc) is 1.96. The Balaban J connectivity index is 3.83. The number of thioether (sulfide) groups is 1. The van der Waals surface area contributed by atoms with Crippen molar-refractivity contribution in [3.05, 3.63) is 0 Å². The number of rotatable bonds is 4. The number of halogens is 3. The number of alkyl halides is 3. The lowest BCUT2D eigenvalue weighted by molar-refractivity contribution is -0.154. The number of aliphatic hydroxyl groups is 1. The van der Waals surface area contributed by atoms with E-state index >= 15 is 0 Å². The van der Waals surface area contributed by atoms with Crippen LogP contribution in [0.1, 0.15) is 6.42 Å². The maximum atomic E-state index is 10.9. The van der Waals surface area contributed by atoms with Gasteiger partial charge in [-0.05, 0) is 53.2 Å². The van der Waals surface area contributed by atoms with Crippen LogP contribution < -0.4 is 0 Å². The number of carbonyl (C=O) groups excluding carboxylic acids is 1.